The lowest BCUT2D eigenvalue weighted by Gasteiger charge is -2.27. The Morgan fingerprint density at radius 1 is 1.38 bits per heavy atom. The Kier molecular flexibility index (Phi) is 4.90. The van der Waals surface area contributed by atoms with Gasteiger partial charge in [0.2, 0.25) is 10.0 Å². The molecule has 80 valence electrons. The first-order valence-electron chi connectivity index (χ1n) is 4.22. The van der Waals surface area contributed by atoms with Crippen LogP contribution in [0.2, 0.25) is 0 Å². The molecule has 13 heavy (non-hydrogen) atoms. The predicted molar refractivity (Wildman–Crippen MR) is 59.3 cm³/mol. The molecule has 0 amide bonds. The zero-order chi connectivity index (χ0) is 10.7. The molecule has 0 rings (SSSR count). The van der Waals surface area contributed by atoms with Gasteiger partial charge in [-0.05, 0) is 11.3 Å². The van der Waals surface area contributed by atoms with Crippen LogP contribution in [0, 0.1) is 11.3 Å². The van der Waals surface area contributed by atoms with Gasteiger partial charge in [-0.2, -0.15) is 0 Å². The van der Waals surface area contributed by atoms with Crippen LogP contribution in [0.1, 0.15) is 27.7 Å². The Hall–Kier alpha value is 0.390. The second-order valence-electron chi connectivity index (χ2n) is 4.34. The van der Waals surface area contributed by atoms with Crippen molar-refractivity contribution >= 4 is 26.0 Å². The van der Waals surface area contributed by atoms with E-state index in [1.165, 1.54) is 0 Å². The molecule has 0 saturated heterocycles. The molecule has 0 aliphatic rings. The summed E-state index contributed by atoms with van der Waals surface area (Å²) in [5.41, 5.74) is 0.134. The highest BCUT2D eigenvalue weighted by Gasteiger charge is 2.21. The molecule has 1 atom stereocenters. The highest BCUT2D eigenvalue weighted by molar-refractivity contribution is 9.10. The second kappa shape index (κ2) is 4.75. The van der Waals surface area contributed by atoms with Gasteiger partial charge in [0.1, 0.15) is 4.66 Å². The van der Waals surface area contributed by atoms with Gasteiger partial charge in [-0.3, -0.25) is 0 Å². The van der Waals surface area contributed by atoms with Crippen LogP contribution >= 0.6 is 15.9 Å². The Morgan fingerprint density at radius 3 is 2.15 bits per heavy atom. The van der Waals surface area contributed by atoms with Crippen molar-refractivity contribution in [1.82, 2.24) is 4.72 Å². The summed E-state index contributed by atoms with van der Waals surface area (Å²) in [6.45, 7) is 8.83. The Bertz CT molecular complexity index is 243. The fourth-order valence-corrected chi connectivity index (χ4v) is 1.66. The van der Waals surface area contributed by atoms with E-state index in [4.69, 9.17) is 0 Å². The first-order chi connectivity index (χ1) is 5.69. The number of alkyl halides is 1. The van der Waals surface area contributed by atoms with E-state index in [1.807, 2.05) is 6.92 Å². The Morgan fingerprint density at radius 2 is 1.85 bits per heavy atom. The molecular weight excluding hydrogens is 254 g/mol. The van der Waals surface area contributed by atoms with Gasteiger partial charge in [0.25, 0.3) is 0 Å². The topological polar surface area (TPSA) is 46.2 Å². The van der Waals surface area contributed by atoms with E-state index in [0.717, 1.165) is 0 Å². The van der Waals surface area contributed by atoms with E-state index in [9.17, 15) is 8.42 Å². The average molecular weight is 272 g/mol. The van der Waals surface area contributed by atoms with Gasteiger partial charge >= 0.3 is 0 Å². The van der Waals surface area contributed by atoms with Gasteiger partial charge in [0, 0.05) is 6.54 Å². The van der Waals surface area contributed by atoms with Crippen LogP contribution < -0.4 is 4.72 Å². The molecule has 0 aromatic heterocycles. The second-order valence-corrected chi connectivity index (χ2v) is 7.45. The van der Waals surface area contributed by atoms with Gasteiger partial charge in [-0.1, -0.05) is 43.6 Å². The van der Waals surface area contributed by atoms with Crippen molar-refractivity contribution in [2.24, 2.45) is 11.3 Å². The number of hydrogen-bond donors (Lipinski definition) is 1. The fourth-order valence-electron chi connectivity index (χ4n) is 0.597. The molecule has 0 fully saturated rings. The lowest BCUT2D eigenvalue weighted by Crippen LogP contribution is -2.34. The first-order valence-corrected chi connectivity index (χ1v) is 6.99. The lowest BCUT2D eigenvalue weighted by molar-refractivity contribution is 0.263. The summed E-state index contributed by atoms with van der Waals surface area (Å²) in [7, 11) is -3.11. The van der Waals surface area contributed by atoms with Crippen molar-refractivity contribution < 1.29 is 8.42 Å². The van der Waals surface area contributed by atoms with Crippen LogP contribution in [-0.4, -0.2) is 19.6 Å². The Balaban J connectivity index is 4.05. The quantitative estimate of drug-likeness (QED) is 0.795. The molecule has 0 aliphatic carbocycles. The molecule has 0 aromatic rings. The van der Waals surface area contributed by atoms with Gasteiger partial charge in [-0.15, -0.1) is 0 Å². The van der Waals surface area contributed by atoms with E-state index in [0.29, 0.717) is 12.5 Å². The van der Waals surface area contributed by atoms with E-state index in [-0.39, 0.29) is 10.1 Å². The molecule has 1 N–H and O–H groups in total. The summed E-state index contributed by atoms with van der Waals surface area (Å²) in [5.74, 6) is 0.321. The molecule has 0 saturated carbocycles. The molecule has 0 aliphatic heterocycles. The van der Waals surface area contributed by atoms with Crippen molar-refractivity contribution in [2.75, 3.05) is 11.2 Å². The van der Waals surface area contributed by atoms with Crippen LogP contribution in [0.4, 0.5) is 0 Å². The van der Waals surface area contributed by atoms with Crippen LogP contribution in [0.3, 0.4) is 0 Å². The minimum Gasteiger partial charge on any atom is -0.214 e. The smallest absolute Gasteiger partial charge is 0.214 e. The van der Waals surface area contributed by atoms with E-state index in [1.54, 1.807) is 0 Å². The van der Waals surface area contributed by atoms with Crippen molar-refractivity contribution in [3.8, 4) is 0 Å². The molecule has 0 spiro atoms. The lowest BCUT2D eigenvalue weighted by atomic mass is 9.82. The maximum absolute atomic E-state index is 11.1. The van der Waals surface area contributed by atoms with Crippen LogP contribution in [0.5, 0.6) is 0 Å². The molecule has 0 aromatic carbocycles. The van der Waals surface area contributed by atoms with Crippen molar-refractivity contribution in [3.05, 3.63) is 0 Å². The third-order valence-corrected chi connectivity index (χ3v) is 4.93. The monoisotopic (exact) mass is 271 g/mol. The third-order valence-electron chi connectivity index (χ3n) is 2.23. The van der Waals surface area contributed by atoms with Gasteiger partial charge < -0.3 is 0 Å². The Labute approximate surface area is 89.5 Å². The summed E-state index contributed by atoms with van der Waals surface area (Å²) in [5, 5.41) is 0. The molecule has 5 heteroatoms. The zero-order valence-electron chi connectivity index (χ0n) is 8.59. The fraction of sp³-hybridized carbons (Fsp3) is 1.00. The zero-order valence-corrected chi connectivity index (χ0v) is 11.0. The van der Waals surface area contributed by atoms with Gasteiger partial charge in [-0.25, -0.2) is 13.1 Å². The van der Waals surface area contributed by atoms with Crippen LogP contribution in [0.15, 0.2) is 0 Å². The SMILES string of the molecule is CC(CNS(=O)(=O)CBr)C(C)(C)C. The summed E-state index contributed by atoms with van der Waals surface area (Å²) in [4.78, 5) is 0. The van der Waals surface area contributed by atoms with E-state index < -0.39 is 10.0 Å². The normalized spacial score (nSPS) is 15.8. The van der Waals surface area contributed by atoms with Crippen molar-refractivity contribution in [1.29, 1.82) is 0 Å². The molecule has 0 heterocycles. The standard InChI is InChI=1S/C8H18BrNO2S/c1-7(8(2,3)4)5-10-13(11,12)6-9/h7,10H,5-6H2,1-4H3. The number of nitrogens with one attached hydrogen (secondary N) is 1. The average Bonchev–Trinajstić information content (AvgIpc) is 1.98. The van der Waals surface area contributed by atoms with Gasteiger partial charge in [0.05, 0.1) is 0 Å². The summed E-state index contributed by atoms with van der Waals surface area (Å²) >= 11 is 2.92. The van der Waals surface area contributed by atoms with Crippen LogP contribution in [-0.2, 0) is 10.0 Å². The first kappa shape index (κ1) is 13.4. The van der Waals surface area contributed by atoms with Crippen LogP contribution in [0.25, 0.3) is 0 Å². The predicted octanol–water partition coefficient (Wildman–Crippen LogP) is 1.94. The molecule has 0 bridgehead atoms. The number of sulfonamides is 1. The molecule has 0 radical (unpaired) electrons. The number of rotatable bonds is 4. The number of hydrogen-bond acceptors (Lipinski definition) is 2. The van der Waals surface area contributed by atoms with E-state index >= 15 is 0 Å². The third kappa shape index (κ3) is 5.65. The number of halogens is 1. The molecular formula is C8H18BrNO2S. The highest BCUT2D eigenvalue weighted by Crippen LogP contribution is 2.24. The maximum atomic E-state index is 11.1. The van der Waals surface area contributed by atoms with E-state index in [2.05, 4.69) is 41.4 Å². The minimum atomic E-state index is -3.11. The summed E-state index contributed by atoms with van der Waals surface area (Å²) < 4.78 is 24.7. The summed E-state index contributed by atoms with van der Waals surface area (Å²) in [6.07, 6.45) is 0. The van der Waals surface area contributed by atoms with Crippen molar-refractivity contribution in [2.45, 2.75) is 27.7 Å². The minimum absolute atomic E-state index is 0.0309. The summed E-state index contributed by atoms with van der Waals surface area (Å²) in [6, 6.07) is 0. The molecule has 1 unspecified atom stereocenters. The van der Waals surface area contributed by atoms with Crippen molar-refractivity contribution in [3.63, 3.8) is 0 Å². The molecule has 3 nitrogen and oxygen atoms in total. The largest absolute Gasteiger partial charge is 0.221 e. The highest BCUT2D eigenvalue weighted by atomic mass is 79.9. The van der Waals surface area contributed by atoms with Gasteiger partial charge in [0.15, 0.2) is 0 Å². The maximum Gasteiger partial charge on any atom is 0.221 e.